The molecule has 1 aliphatic heterocycles. The molecule has 0 unspecified atom stereocenters. The number of benzene rings is 4. The Labute approximate surface area is 200 Å². The van der Waals surface area contributed by atoms with E-state index in [1.165, 1.54) is 21.7 Å². The Kier molecular flexibility index (Phi) is 5.94. The lowest BCUT2D eigenvalue weighted by atomic mass is 10.1. The van der Waals surface area contributed by atoms with Crippen LogP contribution in [0.4, 0.5) is 10.1 Å². The molecule has 0 aliphatic carbocycles. The monoisotopic (exact) mass is 471 g/mol. The zero-order valence-electron chi connectivity index (χ0n) is 17.4. The van der Waals surface area contributed by atoms with Crippen LogP contribution in [0.5, 0.6) is 5.75 Å². The first-order valence-corrected chi connectivity index (χ1v) is 11.5. The van der Waals surface area contributed by atoms with Crippen molar-refractivity contribution in [3.63, 3.8) is 0 Å². The van der Waals surface area contributed by atoms with Crippen molar-refractivity contribution in [1.82, 2.24) is 0 Å². The summed E-state index contributed by atoms with van der Waals surface area (Å²) >= 11 is 6.49. The number of anilines is 1. The van der Waals surface area contributed by atoms with Gasteiger partial charge in [-0.15, -0.1) is 0 Å². The summed E-state index contributed by atoms with van der Waals surface area (Å²) in [5, 5.41) is 2.38. The fraction of sp³-hybridized carbons (Fsp3) is 0.0370. The first kappa shape index (κ1) is 21.4. The van der Waals surface area contributed by atoms with Crippen LogP contribution < -0.4 is 9.64 Å². The van der Waals surface area contributed by atoms with Crippen molar-refractivity contribution in [3.8, 4) is 5.75 Å². The van der Waals surface area contributed by atoms with Gasteiger partial charge in [0.25, 0.3) is 5.91 Å². The summed E-state index contributed by atoms with van der Waals surface area (Å²) in [5.74, 6) is -0.0751. The molecular formula is C27H18FNO2S2. The lowest BCUT2D eigenvalue weighted by Crippen LogP contribution is -2.28. The number of thiocarbonyl (C=S) groups is 1. The summed E-state index contributed by atoms with van der Waals surface area (Å²) in [5.41, 5.74) is 2.09. The molecule has 0 bridgehead atoms. The van der Waals surface area contributed by atoms with E-state index in [1.807, 2.05) is 36.4 Å². The van der Waals surface area contributed by atoms with Crippen molar-refractivity contribution >= 4 is 56.7 Å². The second kappa shape index (κ2) is 9.17. The smallest absolute Gasteiger partial charge is 0.270 e. The molecule has 33 heavy (non-hydrogen) atoms. The third-order valence-corrected chi connectivity index (χ3v) is 6.59. The average molecular weight is 472 g/mol. The van der Waals surface area contributed by atoms with Gasteiger partial charge in [-0.2, -0.15) is 0 Å². The van der Waals surface area contributed by atoms with Gasteiger partial charge in [0.05, 0.1) is 10.6 Å². The lowest BCUT2D eigenvalue weighted by molar-refractivity contribution is -0.113. The Morgan fingerprint density at radius 1 is 0.909 bits per heavy atom. The predicted octanol–water partition coefficient (Wildman–Crippen LogP) is 6.96. The number of hydrogen-bond donors (Lipinski definition) is 0. The van der Waals surface area contributed by atoms with Crippen molar-refractivity contribution in [1.29, 1.82) is 0 Å². The molecule has 6 heteroatoms. The van der Waals surface area contributed by atoms with Crippen LogP contribution in [-0.2, 0) is 11.4 Å². The molecule has 0 aromatic heterocycles. The maximum Gasteiger partial charge on any atom is 0.270 e. The van der Waals surface area contributed by atoms with Gasteiger partial charge in [0.1, 0.15) is 18.2 Å². The quantitative estimate of drug-likeness (QED) is 0.232. The molecule has 0 N–H and O–H groups in total. The van der Waals surface area contributed by atoms with E-state index in [9.17, 15) is 9.18 Å². The van der Waals surface area contributed by atoms with Gasteiger partial charge in [0.15, 0.2) is 4.32 Å². The molecule has 1 fully saturated rings. The van der Waals surface area contributed by atoms with Crippen molar-refractivity contribution in [3.05, 3.63) is 113 Å². The summed E-state index contributed by atoms with van der Waals surface area (Å²) in [6, 6.07) is 28.1. The maximum atomic E-state index is 14.2. The molecule has 4 aromatic carbocycles. The fourth-order valence-electron chi connectivity index (χ4n) is 3.62. The topological polar surface area (TPSA) is 29.5 Å². The van der Waals surface area contributed by atoms with E-state index < -0.39 is 5.82 Å². The van der Waals surface area contributed by atoms with Gasteiger partial charge in [-0.3, -0.25) is 9.69 Å². The third kappa shape index (κ3) is 4.53. The highest BCUT2D eigenvalue weighted by Gasteiger charge is 2.34. The van der Waals surface area contributed by atoms with E-state index in [1.54, 1.807) is 24.3 Å². The van der Waals surface area contributed by atoms with E-state index in [0.717, 1.165) is 28.6 Å². The Hall–Kier alpha value is -3.48. The van der Waals surface area contributed by atoms with E-state index >= 15 is 0 Å². The van der Waals surface area contributed by atoms with Crippen LogP contribution in [-0.4, -0.2) is 10.2 Å². The molecule has 3 nitrogen and oxygen atoms in total. The summed E-state index contributed by atoms with van der Waals surface area (Å²) in [6.07, 6.45) is 1.76. The van der Waals surface area contributed by atoms with Crippen molar-refractivity contribution in [2.24, 2.45) is 0 Å². The highest BCUT2D eigenvalue weighted by atomic mass is 32.2. The summed E-state index contributed by atoms with van der Waals surface area (Å²) in [7, 11) is 0. The highest BCUT2D eigenvalue weighted by molar-refractivity contribution is 8.27. The predicted molar refractivity (Wildman–Crippen MR) is 137 cm³/mol. The van der Waals surface area contributed by atoms with Crippen LogP contribution in [0.1, 0.15) is 11.1 Å². The molecule has 1 heterocycles. The largest absolute Gasteiger partial charge is 0.489 e. The molecular weight excluding hydrogens is 453 g/mol. The molecule has 1 aliphatic rings. The van der Waals surface area contributed by atoms with E-state index in [4.69, 9.17) is 17.0 Å². The second-order valence-electron chi connectivity index (χ2n) is 7.51. The summed E-state index contributed by atoms with van der Waals surface area (Å²) < 4.78 is 20.4. The third-order valence-electron chi connectivity index (χ3n) is 5.28. The molecule has 4 aromatic rings. The minimum atomic E-state index is -0.483. The van der Waals surface area contributed by atoms with E-state index in [-0.39, 0.29) is 11.6 Å². The van der Waals surface area contributed by atoms with Crippen LogP contribution in [0.3, 0.4) is 0 Å². The molecule has 5 rings (SSSR count). The van der Waals surface area contributed by atoms with Gasteiger partial charge in [-0.25, -0.2) is 4.39 Å². The number of fused-ring (bicyclic) bond motifs is 1. The SMILES string of the molecule is O=C1/C(=C\c2ccc(OCc3ccc4ccccc4c3)cc2)SC(=S)N1c1ccccc1F. The van der Waals surface area contributed by atoms with Crippen molar-refractivity contribution in [2.75, 3.05) is 4.90 Å². The molecule has 0 radical (unpaired) electrons. The van der Waals surface area contributed by atoms with Crippen LogP contribution >= 0.6 is 24.0 Å². The van der Waals surface area contributed by atoms with Gasteiger partial charge in [0.2, 0.25) is 0 Å². The molecule has 162 valence electrons. The number of amides is 1. The van der Waals surface area contributed by atoms with Gasteiger partial charge in [-0.1, -0.05) is 84.6 Å². The van der Waals surface area contributed by atoms with Crippen molar-refractivity contribution < 1.29 is 13.9 Å². The van der Waals surface area contributed by atoms with Gasteiger partial charge >= 0.3 is 0 Å². The first-order chi connectivity index (χ1) is 16.1. The van der Waals surface area contributed by atoms with Gasteiger partial charge in [-0.05, 0) is 58.3 Å². The standard InChI is InChI=1S/C27H18FNO2S2/c28-23-7-3-4-8-24(23)29-26(30)25(33-27(29)32)16-18-10-13-22(14-11-18)31-17-19-9-12-20-5-1-2-6-21(20)15-19/h1-16H,17H2/b25-16+. The number of ether oxygens (including phenoxy) is 1. The number of halogens is 1. The Morgan fingerprint density at radius 3 is 2.42 bits per heavy atom. The number of hydrogen-bond acceptors (Lipinski definition) is 4. The number of thioether (sulfide) groups is 1. The number of nitrogens with zero attached hydrogens (tertiary/aromatic N) is 1. The number of rotatable bonds is 5. The molecule has 0 saturated carbocycles. The molecule has 0 atom stereocenters. The summed E-state index contributed by atoms with van der Waals surface area (Å²) in [4.78, 5) is 14.5. The Morgan fingerprint density at radius 2 is 1.64 bits per heavy atom. The zero-order valence-corrected chi connectivity index (χ0v) is 19.0. The molecule has 1 saturated heterocycles. The van der Waals surface area contributed by atoms with Crippen LogP contribution in [0.15, 0.2) is 95.9 Å². The molecule has 0 spiro atoms. The van der Waals surface area contributed by atoms with Crippen molar-refractivity contribution in [2.45, 2.75) is 6.61 Å². The fourth-order valence-corrected chi connectivity index (χ4v) is 4.90. The first-order valence-electron chi connectivity index (χ1n) is 10.3. The minimum absolute atomic E-state index is 0.167. The zero-order chi connectivity index (χ0) is 22.8. The number of carbonyl (C=O) groups is 1. The minimum Gasteiger partial charge on any atom is -0.489 e. The second-order valence-corrected chi connectivity index (χ2v) is 9.18. The number of para-hydroxylation sites is 1. The Balaban J connectivity index is 1.28. The lowest BCUT2D eigenvalue weighted by Gasteiger charge is -2.14. The highest BCUT2D eigenvalue weighted by Crippen LogP contribution is 2.37. The number of carbonyl (C=O) groups excluding carboxylic acids is 1. The van der Waals surface area contributed by atoms with E-state index in [0.29, 0.717) is 15.8 Å². The van der Waals surface area contributed by atoms with E-state index in [2.05, 4.69) is 30.3 Å². The maximum absolute atomic E-state index is 14.2. The summed E-state index contributed by atoms with van der Waals surface area (Å²) in [6.45, 7) is 0.464. The average Bonchev–Trinajstić information content (AvgIpc) is 3.11. The Bertz CT molecular complexity index is 1400. The molecule has 1 amide bonds. The van der Waals surface area contributed by atoms with Crippen LogP contribution in [0.25, 0.3) is 16.8 Å². The van der Waals surface area contributed by atoms with Gasteiger partial charge < -0.3 is 4.74 Å². The van der Waals surface area contributed by atoms with Gasteiger partial charge in [0, 0.05) is 0 Å². The van der Waals surface area contributed by atoms with Crippen LogP contribution in [0, 0.1) is 5.82 Å². The van der Waals surface area contributed by atoms with Crippen LogP contribution in [0.2, 0.25) is 0 Å². The normalized spacial score (nSPS) is 14.9.